The molecule has 0 saturated carbocycles. The molecule has 0 atom stereocenters. The largest absolute Gasteiger partial charge is 0.416 e. The van der Waals surface area contributed by atoms with Gasteiger partial charge in [-0.3, -0.25) is 9.69 Å². The summed E-state index contributed by atoms with van der Waals surface area (Å²) in [4.78, 5) is 18.5. The summed E-state index contributed by atoms with van der Waals surface area (Å²) in [7, 11) is 0. The molecule has 0 amide bonds. The van der Waals surface area contributed by atoms with E-state index >= 15 is 0 Å². The Bertz CT molecular complexity index is 732. The lowest BCUT2D eigenvalue weighted by molar-refractivity contribution is -0.137. The molecule has 1 N–H and O–H groups in total. The van der Waals surface area contributed by atoms with E-state index in [1.165, 1.54) is 18.2 Å². The van der Waals surface area contributed by atoms with Gasteiger partial charge in [-0.1, -0.05) is 18.2 Å². The number of piperazine rings is 1. The summed E-state index contributed by atoms with van der Waals surface area (Å²) in [5.41, 5.74) is 0.119. The fraction of sp³-hybridized carbons (Fsp3) is 0.353. The Morgan fingerprint density at radius 1 is 0.958 bits per heavy atom. The second-order valence-electron chi connectivity index (χ2n) is 5.86. The van der Waals surface area contributed by atoms with Crippen molar-refractivity contribution in [2.75, 3.05) is 31.1 Å². The molecule has 3 rings (SSSR count). The molecule has 1 saturated heterocycles. The Morgan fingerprint density at radius 2 is 1.62 bits per heavy atom. The van der Waals surface area contributed by atoms with Gasteiger partial charge >= 0.3 is 6.18 Å². The van der Waals surface area contributed by atoms with Crippen molar-refractivity contribution in [1.82, 2.24) is 9.88 Å². The molecule has 0 spiro atoms. The van der Waals surface area contributed by atoms with Crippen LogP contribution in [-0.2, 0) is 12.7 Å². The number of nitrogens with zero attached hydrogens (tertiary/aromatic N) is 2. The van der Waals surface area contributed by atoms with E-state index in [1.807, 2.05) is 6.07 Å². The van der Waals surface area contributed by atoms with Crippen molar-refractivity contribution in [1.29, 1.82) is 0 Å². The first-order valence-electron chi connectivity index (χ1n) is 7.74. The summed E-state index contributed by atoms with van der Waals surface area (Å²) in [6, 6.07) is 10.4. The maximum Gasteiger partial charge on any atom is 0.416 e. The number of aromatic amines is 1. The van der Waals surface area contributed by atoms with Gasteiger partial charge in [-0.05, 0) is 23.8 Å². The average Bonchev–Trinajstić information content (AvgIpc) is 2.55. The Morgan fingerprint density at radius 3 is 2.21 bits per heavy atom. The fourth-order valence-electron chi connectivity index (χ4n) is 2.82. The molecule has 1 aromatic carbocycles. The van der Waals surface area contributed by atoms with Crippen LogP contribution in [0.3, 0.4) is 0 Å². The number of rotatable bonds is 3. The molecule has 0 radical (unpaired) electrons. The van der Waals surface area contributed by atoms with Crippen LogP contribution in [0.15, 0.2) is 47.3 Å². The van der Waals surface area contributed by atoms with Crippen LogP contribution in [0.4, 0.5) is 19.0 Å². The lowest BCUT2D eigenvalue weighted by atomic mass is 10.1. The van der Waals surface area contributed by atoms with Gasteiger partial charge in [0.15, 0.2) is 0 Å². The number of pyridine rings is 1. The second-order valence-corrected chi connectivity index (χ2v) is 5.86. The van der Waals surface area contributed by atoms with Crippen molar-refractivity contribution in [2.45, 2.75) is 12.7 Å². The first-order valence-corrected chi connectivity index (χ1v) is 7.74. The molecule has 1 aliphatic rings. The number of H-pyrrole nitrogens is 1. The quantitative estimate of drug-likeness (QED) is 0.936. The van der Waals surface area contributed by atoms with Gasteiger partial charge in [-0.25, -0.2) is 0 Å². The van der Waals surface area contributed by atoms with Gasteiger partial charge in [-0.15, -0.1) is 0 Å². The normalized spacial score (nSPS) is 16.4. The lowest BCUT2D eigenvalue weighted by Crippen LogP contribution is -2.46. The van der Waals surface area contributed by atoms with Crippen LogP contribution in [0.2, 0.25) is 0 Å². The molecule has 1 aliphatic heterocycles. The average molecular weight is 337 g/mol. The Labute approximate surface area is 137 Å². The standard InChI is InChI=1S/C17H18F3N3O/c18-17(19,20)14-6-4-13(5-7-14)12-22-8-10-23(11-9-22)15-2-1-3-16(24)21-15/h1-7H,8-12H2,(H,21,24). The van der Waals surface area contributed by atoms with Crippen molar-refractivity contribution in [3.63, 3.8) is 0 Å². The van der Waals surface area contributed by atoms with Crippen LogP contribution < -0.4 is 10.5 Å². The van der Waals surface area contributed by atoms with Gasteiger partial charge < -0.3 is 9.88 Å². The molecule has 4 nitrogen and oxygen atoms in total. The summed E-state index contributed by atoms with van der Waals surface area (Å²) < 4.78 is 37.7. The summed E-state index contributed by atoms with van der Waals surface area (Å²) >= 11 is 0. The Kier molecular flexibility index (Phi) is 4.62. The van der Waals surface area contributed by atoms with Crippen LogP contribution in [0.25, 0.3) is 0 Å². The number of aromatic nitrogens is 1. The van der Waals surface area contributed by atoms with Gasteiger partial charge in [0.2, 0.25) is 5.56 Å². The summed E-state index contributed by atoms with van der Waals surface area (Å²) in [6.07, 6.45) is -4.29. The van der Waals surface area contributed by atoms with E-state index in [-0.39, 0.29) is 5.56 Å². The van der Waals surface area contributed by atoms with Crippen molar-refractivity contribution in [3.05, 3.63) is 63.9 Å². The summed E-state index contributed by atoms with van der Waals surface area (Å²) in [5, 5.41) is 0. The topological polar surface area (TPSA) is 39.3 Å². The monoisotopic (exact) mass is 337 g/mol. The summed E-state index contributed by atoms with van der Waals surface area (Å²) in [6.45, 7) is 3.73. The predicted octanol–water partition coefficient (Wildman–Crippen LogP) is 2.72. The number of anilines is 1. The zero-order chi connectivity index (χ0) is 17.2. The molecule has 1 aromatic heterocycles. The summed E-state index contributed by atoms with van der Waals surface area (Å²) in [5.74, 6) is 0.802. The third-order valence-electron chi connectivity index (χ3n) is 4.15. The highest BCUT2D eigenvalue weighted by atomic mass is 19.4. The lowest BCUT2D eigenvalue weighted by Gasteiger charge is -2.35. The van der Waals surface area contributed by atoms with E-state index in [1.54, 1.807) is 6.07 Å². The van der Waals surface area contributed by atoms with E-state index < -0.39 is 11.7 Å². The van der Waals surface area contributed by atoms with E-state index in [9.17, 15) is 18.0 Å². The first kappa shape index (κ1) is 16.6. The van der Waals surface area contributed by atoms with Gasteiger partial charge in [0.25, 0.3) is 0 Å². The van der Waals surface area contributed by atoms with Crippen molar-refractivity contribution in [3.8, 4) is 0 Å². The van der Waals surface area contributed by atoms with Crippen LogP contribution in [0, 0.1) is 0 Å². The van der Waals surface area contributed by atoms with Crippen LogP contribution in [0.1, 0.15) is 11.1 Å². The van der Waals surface area contributed by atoms with Crippen LogP contribution in [-0.4, -0.2) is 36.1 Å². The van der Waals surface area contributed by atoms with Gasteiger partial charge in [-0.2, -0.15) is 13.2 Å². The van der Waals surface area contributed by atoms with Crippen molar-refractivity contribution in [2.24, 2.45) is 0 Å². The molecule has 0 aliphatic carbocycles. The zero-order valence-corrected chi connectivity index (χ0v) is 13.0. The number of hydrogen-bond donors (Lipinski definition) is 1. The van der Waals surface area contributed by atoms with Crippen molar-refractivity contribution >= 4 is 5.82 Å². The third kappa shape index (κ3) is 3.97. The minimum absolute atomic E-state index is 0.125. The van der Waals surface area contributed by atoms with Crippen LogP contribution in [0.5, 0.6) is 0 Å². The first-order chi connectivity index (χ1) is 11.4. The minimum Gasteiger partial charge on any atom is -0.356 e. The number of nitrogens with one attached hydrogen (secondary N) is 1. The predicted molar refractivity (Wildman–Crippen MR) is 86.0 cm³/mol. The highest BCUT2D eigenvalue weighted by Crippen LogP contribution is 2.29. The number of alkyl halides is 3. The third-order valence-corrected chi connectivity index (χ3v) is 4.15. The second kappa shape index (κ2) is 6.68. The Balaban J connectivity index is 1.56. The highest BCUT2D eigenvalue weighted by Gasteiger charge is 2.30. The Hall–Kier alpha value is -2.28. The molecule has 1 fully saturated rings. The molecule has 128 valence electrons. The molecule has 0 bridgehead atoms. The minimum atomic E-state index is -4.29. The molecule has 7 heteroatoms. The number of hydrogen-bond acceptors (Lipinski definition) is 3. The van der Waals surface area contributed by atoms with Crippen molar-refractivity contribution < 1.29 is 13.2 Å². The fourth-order valence-corrected chi connectivity index (χ4v) is 2.82. The van der Waals surface area contributed by atoms with Gasteiger partial charge in [0, 0.05) is 38.8 Å². The maximum absolute atomic E-state index is 12.6. The molecular weight excluding hydrogens is 319 g/mol. The van der Waals surface area contributed by atoms with E-state index in [0.29, 0.717) is 6.54 Å². The zero-order valence-electron chi connectivity index (χ0n) is 13.0. The SMILES string of the molecule is O=c1cccc(N2CCN(Cc3ccc(C(F)(F)F)cc3)CC2)[nH]1. The molecule has 24 heavy (non-hydrogen) atoms. The highest BCUT2D eigenvalue weighted by molar-refractivity contribution is 5.38. The number of benzene rings is 1. The molecule has 0 unspecified atom stereocenters. The van der Waals surface area contributed by atoms with E-state index in [2.05, 4.69) is 14.8 Å². The van der Waals surface area contributed by atoms with E-state index in [4.69, 9.17) is 0 Å². The van der Waals surface area contributed by atoms with Crippen LogP contribution >= 0.6 is 0 Å². The number of halogens is 3. The molecule has 2 heterocycles. The maximum atomic E-state index is 12.6. The molecular formula is C17H18F3N3O. The van der Waals surface area contributed by atoms with E-state index in [0.717, 1.165) is 49.7 Å². The van der Waals surface area contributed by atoms with Gasteiger partial charge in [0.05, 0.1) is 5.56 Å². The molecule has 2 aromatic rings. The van der Waals surface area contributed by atoms with Gasteiger partial charge in [0.1, 0.15) is 5.82 Å². The smallest absolute Gasteiger partial charge is 0.356 e.